The second-order valence-corrected chi connectivity index (χ2v) is 7.52. The van der Waals surface area contributed by atoms with Crippen LogP contribution in [-0.4, -0.2) is 48.9 Å². The number of benzene rings is 3. The molecule has 9 heteroatoms. The maximum absolute atomic E-state index is 13.4. The van der Waals surface area contributed by atoms with Crippen molar-refractivity contribution in [1.29, 1.82) is 0 Å². The molecule has 9 nitrogen and oxygen atoms in total. The number of imide groups is 1. The quantitative estimate of drug-likeness (QED) is 0.463. The van der Waals surface area contributed by atoms with Crippen molar-refractivity contribution in [2.75, 3.05) is 5.32 Å². The number of rotatable bonds is 6. The Morgan fingerprint density at radius 2 is 1.48 bits per heavy atom. The molecule has 0 radical (unpaired) electrons. The van der Waals surface area contributed by atoms with E-state index < -0.39 is 23.8 Å². The van der Waals surface area contributed by atoms with Crippen LogP contribution in [-0.2, 0) is 11.2 Å². The molecule has 33 heavy (non-hydrogen) atoms. The molecule has 3 amide bonds. The van der Waals surface area contributed by atoms with Gasteiger partial charge in [0.1, 0.15) is 12.4 Å². The number of amides is 3. The van der Waals surface area contributed by atoms with Gasteiger partial charge in [-0.3, -0.25) is 19.3 Å². The first kappa shape index (κ1) is 20.3. The molecule has 1 atom stereocenters. The number of aromatic nitrogens is 4. The average Bonchev–Trinajstić information content (AvgIpc) is 3.47. The highest BCUT2D eigenvalue weighted by Crippen LogP contribution is 2.26. The number of anilines is 1. The number of carbonyl (C=O) groups is 3. The van der Waals surface area contributed by atoms with Gasteiger partial charge in [0.15, 0.2) is 0 Å². The van der Waals surface area contributed by atoms with Crippen molar-refractivity contribution in [2.45, 2.75) is 12.5 Å². The summed E-state index contributed by atoms with van der Waals surface area (Å²) in [6.45, 7) is 0. The van der Waals surface area contributed by atoms with Gasteiger partial charge in [0.05, 0.1) is 16.8 Å². The van der Waals surface area contributed by atoms with Gasteiger partial charge in [-0.2, -0.15) is 0 Å². The van der Waals surface area contributed by atoms with Gasteiger partial charge >= 0.3 is 0 Å². The minimum absolute atomic E-state index is 0.195. The predicted octanol–water partition coefficient (Wildman–Crippen LogP) is 2.51. The zero-order valence-electron chi connectivity index (χ0n) is 17.3. The summed E-state index contributed by atoms with van der Waals surface area (Å²) in [6.07, 6.45) is 1.66. The van der Waals surface area contributed by atoms with E-state index in [-0.39, 0.29) is 6.42 Å². The number of carbonyl (C=O) groups excluding carboxylic acids is 3. The van der Waals surface area contributed by atoms with Crippen LogP contribution in [0.1, 0.15) is 26.3 Å². The maximum Gasteiger partial charge on any atom is 0.262 e. The monoisotopic (exact) mass is 438 g/mol. The molecular formula is C24H18N6O3. The first-order chi connectivity index (χ1) is 16.1. The van der Waals surface area contributed by atoms with E-state index in [1.54, 1.807) is 48.5 Å². The Labute approximate surface area is 188 Å². The Morgan fingerprint density at radius 1 is 0.848 bits per heavy atom. The van der Waals surface area contributed by atoms with Crippen molar-refractivity contribution in [3.63, 3.8) is 0 Å². The Kier molecular flexibility index (Phi) is 5.19. The molecule has 162 valence electrons. The molecule has 1 aliphatic heterocycles. The molecule has 3 aromatic carbocycles. The third kappa shape index (κ3) is 3.87. The molecule has 1 aliphatic rings. The lowest BCUT2D eigenvalue weighted by Gasteiger charge is -2.25. The molecule has 0 bridgehead atoms. The van der Waals surface area contributed by atoms with Crippen LogP contribution in [0.25, 0.3) is 5.69 Å². The molecule has 0 saturated carbocycles. The van der Waals surface area contributed by atoms with Crippen molar-refractivity contribution in [1.82, 2.24) is 25.1 Å². The van der Waals surface area contributed by atoms with Gasteiger partial charge in [0.2, 0.25) is 5.91 Å². The van der Waals surface area contributed by atoms with E-state index >= 15 is 0 Å². The van der Waals surface area contributed by atoms with Crippen molar-refractivity contribution in [2.24, 2.45) is 0 Å². The summed E-state index contributed by atoms with van der Waals surface area (Å²) in [5.74, 6) is -1.40. The zero-order valence-corrected chi connectivity index (χ0v) is 17.3. The first-order valence-electron chi connectivity index (χ1n) is 10.3. The molecule has 1 aromatic heterocycles. The van der Waals surface area contributed by atoms with Gasteiger partial charge in [0.25, 0.3) is 11.8 Å². The SMILES string of the molecule is O=C(Nc1ccc(-n2cnnn2)cc1)C(Cc1ccccc1)N1C(=O)c2ccccc2C1=O. The van der Waals surface area contributed by atoms with Gasteiger partial charge in [0, 0.05) is 12.1 Å². The van der Waals surface area contributed by atoms with E-state index in [0.29, 0.717) is 16.8 Å². The fourth-order valence-corrected chi connectivity index (χ4v) is 3.83. The van der Waals surface area contributed by atoms with E-state index in [0.717, 1.165) is 16.2 Å². The summed E-state index contributed by atoms with van der Waals surface area (Å²) < 4.78 is 1.49. The van der Waals surface area contributed by atoms with Crippen LogP contribution in [0, 0.1) is 0 Å². The van der Waals surface area contributed by atoms with Crippen molar-refractivity contribution in [3.05, 3.63) is 102 Å². The predicted molar refractivity (Wildman–Crippen MR) is 119 cm³/mol. The zero-order chi connectivity index (χ0) is 22.8. The van der Waals surface area contributed by atoms with E-state index in [1.807, 2.05) is 30.3 Å². The second-order valence-electron chi connectivity index (χ2n) is 7.52. The normalized spacial score (nSPS) is 13.6. The second kappa shape index (κ2) is 8.46. The Bertz CT molecular complexity index is 1290. The van der Waals surface area contributed by atoms with Crippen LogP contribution < -0.4 is 5.32 Å². The number of fused-ring (bicyclic) bond motifs is 1. The lowest BCUT2D eigenvalue weighted by atomic mass is 10.0. The molecular weight excluding hydrogens is 420 g/mol. The summed E-state index contributed by atoms with van der Waals surface area (Å²) in [6, 6.07) is 21.8. The molecule has 0 saturated heterocycles. The largest absolute Gasteiger partial charge is 0.324 e. The molecule has 1 N–H and O–H groups in total. The van der Waals surface area contributed by atoms with E-state index in [2.05, 4.69) is 20.8 Å². The van der Waals surface area contributed by atoms with E-state index in [4.69, 9.17) is 0 Å². The molecule has 4 aromatic rings. The first-order valence-corrected chi connectivity index (χ1v) is 10.3. The summed E-state index contributed by atoms with van der Waals surface area (Å²) >= 11 is 0. The molecule has 1 unspecified atom stereocenters. The number of hydrogen-bond donors (Lipinski definition) is 1. The number of nitrogens with zero attached hydrogens (tertiary/aromatic N) is 5. The highest BCUT2D eigenvalue weighted by atomic mass is 16.2. The van der Waals surface area contributed by atoms with Gasteiger partial charge in [-0.05, 0) is 52.4 Å². The van der Waals surface area contributed by atoms with Crippen LogP contribution in [0.3, 0.4) is 0 Å². The lowest BCUT2D eigenvalue weighted by molar-refractivity contribution is -0.119. The summed E-state index contributed by atoms with van der Waals surface area (Å²) in [5, 5.41) is 13.9. The Hall–Kier alpha value is -4.66. The standard InChI is InChI=1S/C24H18N6O3/c31-22(26-17-10-12-18(13-11-17)29-15-25-27-28-29)21(14-16-6-2-1-3-7-16)30-23(32)19-8-4-5-9-20(19)24(30)33/h1-13,15,21H,14H2,(H,26,31). The van der Waals surface area contributed by atoms with E-state index in [9.17, 15) is 14.4 Å². The molecule has 2 heterocycles. The van der Waals surface area contributed by atoms with E-state index in [1.165, 1.54) is 11.0 Å². The molecule has 0 aliphatic carbocycles. The van der Waals surface area contributed by atoms with Crippen molar-refractivity contribution < 1.29 is 14.4 Å². The van der Waals surface area contributed by atoms with Gasteiger partial charge in [-0.25, -0.2) is 4.68 Å². The number of tetrazole rings is 1. The highest BCUT2D eigenvalue weighted by molar-refractivity contribution is 6.23. The lowest BCUT2D eigenvalue weighted by Crippen LogP contribution is -2.48. The summed E-state index contributed by atoms with van der Waals surface area (Å²) in [5.41, 5.74) is 2.69. The van der Waals surface area contributed by atoms with Crippen LogP contribution >= 0.6 is 0 Å². The third-order valence-electron chi connectivity index (χ3n) is 5.46. The third-order valence-corrected chi connectivity index (χ3v) is 5.46. The van der Waals surface area contributed by atoms with Crippen molar-refractivity contribution >= 4 is 23.4 Å². The molecule has 5 rings (SSSR count). The summed E-state index contributed by atoms with van der Waals surface area (Å²) in [7, 11) is 0. The number of hydrogen-bond acceptors (Lipinski definition) is 6. The fraction of sp³-hybridized carbons (Fsp3) is 0.0833. The van der Waals surface area contributed by atoms with Gasteiger partial charge < -0.3 is 5.32 Å². The minimum Gasteiger partial charge on any atom is -0.324 e. The Morgan fingerprint density at radius 3 is 2.09 bits per heavy atom. The van der Waals surface area contributed by atoms with Crippen LogP contribution in [0.15, 0.2) is 85.2 Å². The average molecular weight is 438 g/mol. The van der Waals surface area contributed by atoms with Gasteiger partial charge in [-0.15, -0.1) is 5.10 Å². The topological polar surface area (TPSA) is 110 Å². The fourth-order valence-electron chi connectivity index (χ4n) is 3.83. The van der Waals surface area contributed by atoms with Crippen molar-refractivity contribution in [3.8, 4) is 5.69 Å². The van der Waals surface area contributed by atoms with Crippen LogP contribution in [0.4, 0.5) is 5.69 Å². The maximum atomic E-state index is 13.4. The smallest absolute Gasteiger partial charge is 0.262 e. The highest BCUT2D eigenvalue weighted by Gasteiger charge is 2.42. The van der Waals surface area contributed by atoms with Gasteiger partial charge in [-0.1, -0.05) is 42.5 Å². The summed E-state index contributed by atoms with van der Waals surface area (Å²) in [4.78, 5) is 40.6. The molecule has 0 fully saturated rings. The van der Waals surface area contributed by atoms with Crippen LogP contribution in [0.2, 0.25) is 0 Å². The molecule has 0 spiro atoms. The number of nitrogens with one attached hydrogen (secondary N) is 1. The van der Waals surface area contributed by atoms with Crippen LogP contribution in [0.5, 0.6) is 0 Å². The Balaban J connectivity index is 1.43. The minimum atomic E-state index is -1.01.